The van der Waals surface area contributed by atoms with Crippen LogP contribution in [0.15, 0.2) is 77.1 Å². The number of amides is 1. The van der Waals surface area contributed by atoms with Gasteiger partial charge in [0.1, 0.15) is 6.61 Å². The third kappa shape index (κ3) is 6.75. The summed E-state index contributed by atoms with van der Waals surface area (Å²) in [6.45, 7) is 6.24. The number of nitrogens with zero attached hydrogens (tertiary/aromatic N) is 1. The van der Waals surface area contributed by atoms with E-state index in [0.29, 0.717) is 16.9 Å². The first-order chi connectivity index (χ1) is 18.1. The molecule has 3 rings (SSSR count). The molecule has 0 spiro atoms. The molecule has 11 nitrogen and oxygen atoms in total. The summed E-state index contributed by atoms with van der Waals surface area (Å²) in [5.41, 5.74) is 1.14. The van der Waals surface area contributed by atoms with Crippen molar-refractivity contribution < 1.29 is 33.5 Å². The summed E-state index contributed by atoms with van der Waals surface area (Å²) < 4.78 is 16.1. The predicted octanol–water partition coefficient (Wildman–Crippen LogP) is 4.57. The van der Waals surface area contributed by atoms with Crippen LogP contribution in [-0.4, -0.2) is 42.3 Å². The third-order valence-corrected chi connectivity index (χ3v) is 5.49. The van der Waals surface area contributed by atoms with Crippen molar-refractivity contribution in [2.45, 2.75) is 39.7 Å². The highest BCUT2D eigenvalue weighted by Crippen LogP contribution is 2.40. The summed E-state index contributed by atoms with van der Waals surface area (Å²) >= 11 is 0. The monoisotopic (exact) mass is 523 g/mol. The highest BCUT2D eigenvalue weighted by atomic mass is 16.6. The Bertz CT molecular complexity index is 1280. The van der Waals surface area contributed by atoms with E-state index in [1.807, 2.05) is 0 Å². The van der Waals surface area contributed by atoms with E-state index in [9.17, 15) is 24.5 Å². The highest BCUT2D eigenvalue weighted by Gasteiger charge is 2.40. The third-order valence-electron chi connectivity index (χ3n) is 5.49. The maximum Gasteiger partial charge on any atom is 0.412 e. The number of ether oxygens (including phenoxy) is 3. The minimum Gasteiger partial charge on any atom is -0.463 e. The lowest BCUT2D eigenvalue weighted by Gasteiger charge is -2.31. The first kappa shape index (κ1) is 27.9. The Hall–Kier alpha value is -4.67. The molecule has 11 heteroatoms. The van der Waals surface area contributed by atoms with Gasteiger partial charge in [0.15, 0.2) is 0 Å². The maximum atomic E-state index is 13.3. The fourth-order valence-corrected chi connectivity index (χ4v) is 3.97. The molecule has 38 heavy (non-hydrogen) atoms. The molecule has 0 saturated heterocycles. The summed E-state index contributed by atoms with van der Waals surface area (Å²) in [4.78, 5) is 49.8. The molecule has 200 valence electrons. The van der Waals surface area contributed by atoms with Crippen molar-refractivity contribution in [2.75, 3.05) is 18.5 Å². The van der Waals surface area contributed by atoms with E-state index in [4.69, 9.17) is 14.2 Å². The zero-order valence-corrected chi connectivity index (χ0v) is 21.5. The van der Waals surface area contributed by atoms with Crippen molar-refractivity contribution >= 4 is 29.4 Å². The number of hydrogen-bond acceptors (Lipinski definition) is 9. The van der Waals surface area contributed by atoms with Gasteiger partial charge < -0.3 is 19.5 Å². The van der Waals surface area contributed by atoms with Gasteiger partial charge in [0.25, 0.3) is 5.69 Å². The number of rotatable bonds is 9. The van der Waals surface area contributed by atoms with Gasteiger partial charge >= 0.3 is 18.0 Å². The maximum absolute atomic E-state index is 13.3. The van der Waals surface area contributed by atoms with Crippen LogP contribution < -0.4 is 10.6 Å². The molecule has 1 aliphatic heterocycles. The number of carbonyl (C=O) groups excluding carboxylic acids is 3. The summed E-state index contributed by atoms with van der Waals surface area (Å²) in [6.07, 6.45) is -1.23. The van der Waals surface area contributed by atoms with Gasteiger partial charge in [0.05, 0.1) is 40.4 Å². The SMILES string of the molecule is CCOC(=O)C1=C(COC(=O)Nc2ccccc2)NC(C)=C(C(=O)OC(C)C)C1c1cccc([N+](=O)[O-])c1. The number of esters is 2. The van der Waals surface area contributed by atoms with E-state index in [1.165, 1.54) is 18.2 Å². The minimum absolute atomic E-state index is 0.0267. The van der Waals surface area contributed by atoms with Crippen LogP contribution in [0.5, 0.6) is 0 Å². The molecule has 2 N–H and O–H groups in total. The van der Waals surface area contributed by atoms with Gasteiger partial charge in [-0.05, 0) is 45.4 Å². The number of nitrogens with one attached hydrogen (secondary N) is 2. The Kier molecular flexibility index (Phi) is 9.20. The highest BCUT2D eigenvalue weighted by molar-refractivity contribution is 6.00. The topological polar surface area (TPSA) is 146 Å². The lowest BCUT2D eigenvalue weighted by molar-refractivity contribution is -0.384. The molecule has 1 amide bonds. The minimum atomic E-state index is -1.09. The van der Waals surface area contributed by atoms with Crippen LogP contribution in [0, 0.1) is 10.1 Å². The van der Waals surface area contributed by atoms with Gasteiger partial charge in [-0.15, -0.1) is 0 Å². The van der Waals surface area contributed by atoms with Crippen molar-refractivity contribution in [2.24, 2.45) is 0 Å². The Balaban J connectivity index is 2.08. The lowest BCUT2D eigenvalue weighted by atomic mass is 9.80. The van der Waals surface area contributed by atoms with E-state index < -0.39 is 35.0 Å². The van der Waals surface area contributed by atoms with E-state index in [-0.39, 0.29) is 35.7 Å². The first-order valence-electron chi connectivity index (χ1n) is 11.9. The van der Waals surface area contributed by atoms with E-state index in [0.717, 1.165) is 0 Å². The second-order valence-electron chi connectivity index (χ2n) is 8.58. The molecule has 1 unspecified atom stereocenters. The lowest BCUT2D eigenvalue weighted by Crippen LogP contribution is -2.36. The number of para-hydroxylation sites is 1. The van der Waals surface area contributed by atoms with Crippen molar-refractivity contribution in [1.29, 1.82) is 0 Å². The van der Waals surface area contributed by atoms with Crippen molar-refractivity contribution in [1.82, 2.24) is 5.32 Å². The molecule has 0 saturated carbocycles. The summed E-state index contributed by atoms with van der Waals surface area (Å²) in [5, 5.41) is 17.1. The summed E-state index contributed by atoms with van der Waals surface area (Å²) in [7, 11) is 0. The van der Waals surface area contributed by atoms with Crippen LogP contribution >= 0.6 is 0 Å². The van der Waals surface area contributed by atoms with Crippen molar-refractivity contribution in [3.8, 4) is 0 Å². The normalized spacial score (nSPS) is 15.0. The average Bonchev–Trinajstić information content (AvgIpc) is 2.87. The summed E-state index contributed by atoms with van der Waals surface area (Å²) in [5.74, 6) is -2.57. The molecular weight excluding hydrogens is 494 g/mol. The fraction of sp³-hybridized carbons (Fsp3) is 0.296. The van der Waals surface area contributed by atoms with Gasteiger partial charge in [-0.1, -0.05) is 30.3 Å². The number of allylic oxidation sites excluding steroid dienone is 1. The number of hydrogen-bond donors (Lipinski definition) is 2. The summed E-state index contributed by atoms with van der Waals surface area (Å²) in [6, 6.07) is 14.3. The van der Waals surface area contributed by atoms with Gasteiger partial charge in [0, 0.05) is 23.5 Å². The van der Waals surface area contributed by atoms with E-state index in [1.54, 1.807) is 64.1 Å². The first-order valence-corrected chi connectivity index (χ1v) is 11.9. The zero-order chi connectivity index (χ0) is 27.8. The Labute approximate surface area is 219 Å². The molecule has 0 aliphatic carbocycles. The fourth-order valence-electron chi connectivity index (χ4n) is 3.97. The molecule has 2 aromatic rings. The van der Waals surface area contributed by atoms with Crippen LogP contribution in [0.25, 0.3) is 0 Å². The number of non-ortho nitro benzene ring substituents is 1. The smallest absolute Gasteiger partial charge is 0.412 e. The van der Waals surface area contributed by atoms with Crippen LogP contribution in [0.3, 0.4) is 0 Å². The molecular formula is C27H29N3O8. The average molecular weight is 524 g/mol. The molecule has 0 aromatic heterocycles. The number of dihydropyridines is 1. The Morgan fingerprint density at radius 1 is 1.03 bits per heavy atom. The Morgan fingerprint density at radius 2 is 1.74 bits per heavy atom. The van der Waals surface area contributed by atoms with Crippen LogP contribution in [0.1, 0.15) is 39.2 Å². The molecule has 2 aromatic carbocycles. The van der Waals surface area contributed by atoms with Crippen LogP contribution in [-0.2, 0) is 23.8 Å². The van der Waals surface area contributed by atoms with Crippen molar-refractivity contribution in [3.05, 3.63) is 92.8 Å². The molecule has 0 bridgehead atoms. The zero-order valence-electron chi connectivity index (χ0n) is 21.5. The number of benzene rings is 2. The number of nitro groups is 1. The Morgan fingerprint density at radius 3 is 2.37 bits per heavy atom. The number of nitro benzene ring substituents is 1. The second kappa shape index (κ2) is 12.5. The molecule has 0 fully saturated rings. The van der Waals surface area contributed by atoms with E-state index in [2.05, 4.69) is 10.6 Å². The molecule has 1 aliphatic rings. The van der Waals surface area contributed by atoms with Gasteiger partial charge in [-0.25, -0.2) is 14.4 Å². The predicted molar refractivity (Wildman–Crippen MR) is 138 cm³/mol. The second-order valence-corrected chi connectivity index (χ2v) is 8.58. The quantitative estimate of drug-likeness (QED) is 0.209. The van der Waals surface area contributed by atoms with Crippen LogP contribution in [0.2, 0.25) is 0 Å². The molecule has 0 radical (unpaired) electrons. The number of carbonyl (C=O) groups is 3. The largest absolute Gasteiger partial charge is 0.463 e. The van der Waals surface area contributed by atoms with Gasteiger partial charge in [0.2, 0.25) is 0 Å². The molecule has 1 heterocycles. The van der Waals surface area contributed by atoms with Crippen molar-refractivity contribution in [3.63, 3.8) is 0 Å². The number of anilines is 1. The van der Waals surface area contributed by atoms with E-state index >= 15 is 0 Å². The standard InChI is InChI=1S/C27H29N3O8/c1-5-36-25(31)24-21(15-37-27(33)29-19-11-7-6-8-12-19)28-17(4)22(26(32)38-16(2)3)23(24)18-10-9-13-20(14-18)30(34)35/h6-14,16,23,28H,5,15H2,1-4H3,(H,29,33). The van der Waals surface area contributed by atoms with Gasteiger partial charge in [-0.3, -0.25) is 15.4 Å². The van der Waals surface area contributed by atoms with Gasteiger partial charge in [-0.2, -0.15) is 0 Å². The van der Waals surface area contributed by atoms with Crippen LogP contribution in [0.4, 0.5) is 16.2 Å². The molecule has 1 atom stereocenters.